The maximum atomic E-state index is 12.5. The predicted octanol–water partition coefficient (Wildman–Crippen LogP) is 0.776. The number of aromatic nitrogens is 6. The number of hydrogen-bond donors (Lipinski definition) is 3. The van der Waals surface area contributed by atoms with Crippen LogP contribution in [0.15, 0.2) is 47.8 Å². The highest BCUT2D eigenvalue weighted by atomic mass is 32.2. The molecule has 0 aliphatic carbocycles. The van der Waals surface area contributed by atoms with Crippen LogP contribution in [0.25, 0.3) is 5.57 Å². The molecule has 13 heteroatoms. The Hall–Kier alpha value is -4.05. The quantitative estimate of drug-likeness (QED) is 0.482. The van der Waals surface area contributed by atoms with Crippen LogP contribution in [0.1, 0.15) is 5.82 Å². The number of nitriles is 1. The van der Waals surface area contributed by atoms with Crippen LogP contribution >= 0.6 is 0 Å². The fourth-order valence-electron chi connectivity index (χ4n) is 2.01. The summed E-state index contributed by atoms with van der Waals surface area (Å²) in [5.41, 5.74) is 0.712. The molecule has 28 heavy (non-hydrogen) atoms. The van der Waals surface area contributed by atoms with E-state index in [-0.39, 0.29) is 28.0 Å². The predicted molar refractivity (Wildman–Crippen MR) is 97.2 cm³/mol. The number of methoxy groups -OCH3 is 1. The van der Waals surface area contributed by atoms with Crippen LogP contribution in [-0.2, 0) is 10.0 Å². The van der Waals surface area contributed by atoms with Gasteiger partial charge in [-0.3, -0.25) is 4.72 Å². The van der Waals surface area contributed by atoms with Gasteiger partial charge in [-0.25, -0.2) is 18.4 Å². The Morgan fingerprint density at radius 1 is 1.29 bits per heavy atom. The fourth-order valence-corrected chi connectivity index (χ4v) is 3.01. The van der Waals surface area contributed by atoms with Crippen molar-refractivity contribution in [3.63, 3.8) is 0 Å². The lowest BCUT2D eigenvalue weighted by Crippen LogP contribution is -2.14. The van der Waals surface area contributed by atoms with Crippen molar-refractivity contribution >= 4 is 27.1 Å². The van der Waals surface area contributed by atoms with Gasteiger partial charge in [0.1, 0.15) is 23.8 Å². The van der Waals surface area contributed by atoms with Gasteiger partial charge in [-0.05, 0) is 29.5 Å². The summed E-state index contributed by atoms with van der Waals surface area (Å²) in [5.74, 6) is 0.448. The maximum Gasteiger partial charge on any atom is 0.263 e. The highest BCUT2D eigenvalue weighted by Gasteiger charge is 2.15. The number of nitrogens with one attached hydrogen (secondary N) is 3. The van der Waals surface area contributed by atoms with Crippen molar-refractivity contribution in [3.05, 3.63) is 48.7 Å². The van der Waals surface area contributed by atoms with Crippen LogP contribution in [0.2, 0.25) is 0 Å². The Morgan fingerprint density at radius 2 is 2.07 bits per heavy atom. The van der Waals surface area contributed by atoms with Gasteiger partial charge in [0.15, 0.2) is 0 Å². The third kappa shape index (κ3) is 4.37. The first-order valence-electron chi connectivity index (χ1n) is 7.61. The number of ether oxygens (including phenoxy) is 1. The van der Waals surface area contributed by atoms with E-state index < -0.39 is 10.0 Å². The van der Waals surface area contributed by atoms with E-state index in [1.807, 2.05) is 6.07 Å². The van der Waals surface area contributed by atoms with Gasteiger partial charge in [0.2, 0.25) is 11.7 Å². The third-order valence-electron chi connectivity index (χ3n) is 3.34. The summed E-state index contributed by atoms with van der Waals surface area (Å²) in [4.78, 5) is 7.69. The van der Waals surface area contributed by atoms with E-state index in [0.717, 1.165) is 0 Å². The molecule has 1 aromatic carbocycles. The average molecular weight is 399 g/mol. The number of allylic oxidation sites excluding steroid dienone is 1. The zero-order chi connectivity index (χ0) is 20.0. The molecule has 0 aliphatic rings. The number of aromatic amines is 1. The topological polar surface area (TPSA) is 171 Å². The second-order valence-electron chi connectivity index (χ2n) is 5.13. The van der Waals surface area contributed by atoms with Gasteiger partial charge < -0.3 is 10.1 Å². The van der Waals surface area contributed by atoms with Gasteiger partial charge in [0, 0.05) is 18.0 Å². The third-order valence-corrected chi connectivity index (χ3v) is 4.72. The smallest absolute Gasteiger partial charge is 0.263 e. The lowest BCUT2D eigenvalue weighted by Gasteiger charge is -2.09. The average Bonchev–Trinajstić information content (AvgIpc) is 3.23. The Morgan fingerprint density at radius 3 is 2.71 bits per heavy atom. The Labute approximate surface area is 159 Å². The first kappa shape index (κ1) is 18.7. The molecule has 3 N–H and O–H groups in total. The van der Waals surface area contributed by atoms with E-state index in [0.29, 0.717) is 5.69 Å². The van der Waals surface area contributed by atoms with E-state index in [2.05, 4.69) is 40.6 Å². The molecule has 0 spiro atoms. The second kappa shape index (κ2) is 8.10. The number of sulfonamides is 1. The first-order valence-corrected chi connectivity index (χ1v) is 9.09. The lowest BCUT2D eigenvalue weighted by molar-refractivity contribution is 0.397. The number of nitrogens with zero attached hydrogens (tertiary/aromatic N) is 6. The minimum absolute atomic E-state index is 0.0262. The monoisotopic (exact) mass is 399 g/mol. The van der Waals surface area contributed by atoms with Crippen molar-refractivity contribution in [1.29, 1.82) is 5.26 Å². The molecule has 12 nitrogen and oxygen atoms in total. The van der Waals surface area contributed by atoms with Crippen LogP contribution in [0.3, 0.4) is 0 Å². The molecule has 0 fully saturated rings. The van der Waals surface area contributed by atoms with E-state index >= 15 is 0 Å². The summed E-state index contributed by atoms with van der Waals surface area (Å²) in [5, 5.41) is 25.0. The summed E-state index contributed by atoms with van der Waals surface area (Å²) in [7, 11) is -2.44. The van der Waals surface area contributed by atoms with Gasteiger partial charge in [-0.15, -0.1) is 10.2 Å². The summed E-state index contributed by atoms with van der Waals surface area (Å²) in [6.07, 6.45) is 2.58. The number of hydrogen-bond acceptors (Lipinski definition) is 10. The molecule has 0 radical (unpaired) electrons. The van der Waals surface area contributed by atoms with Gasteiger partial charge in [-0.1, -0.05) is 0 Å². The molecule has 0 saturated heterocycles. The van der Waals surface area contributed by atoms with Crippen LogP contribution in [0.4, 0.5) is 11.5 Å². The van der Waals surface area contributed by atoms with Crippen LogP contribution in [0.5, 0.6) is 5.88 Å². The molecule has 0 atom stereocenters. The number of benzene rings is 1. The van der Waals surface area contributed by atoms with Crippen molar-refractivity contribution in [2.24, 2.45) is 0 Å². The second-order valence-corrected chi connectivity index (χ2v) is 6.81. The number of rotatable bonds is 7. The maximum absolute atomic E-state index is 12.5. The fraction of sp³-hybridized carbons (Fsp3) is 0.0667. The van der Waals surface area contributed by atoms with Crippen LogP contribution < -0.4 is 14.8 Å². The molecule has 0 amide bonds. The first-order chi connectivity index (χ1) is 13.5. The van der Waals surface area contributed by atoms with Crippen molar-refractivity contribution in [1.82, 2.24) is 30.6 Å². The van der Waals surface area contributed by atoms with Crippen LogP contribution in [-0.4, -0.2) is 46.1 Å². The van der Waals surface area contributed by atoms with Crippen LogP contribution in [0, 0.1) is 11.3 Å². The molecular formula is C15H13N9O3S. The van der Waals surface area contributed by atoms with E-state index in [9.17, 15) is 8.42 Å². The molecule has 3 rings (SSSR count). The molecule has 2 aromatic heterocycles. The minimum atomic E-state index is -3.85. The standard InChI is InChI=1S/C15H13N9O3S/c1-27-14-6-13(18-9-19-14)22-28(25,26)12-4-2-11(3-5-12)17-8-10(7-16)15-20-23-24-21-15/h2-6,8-9,17H,1H3,(H,18,19,22)(H,20,21,23,24). The lowest BCUT2D eigenvalue weighted by atomic mass is 10.3. The molecule has 2 heterocycles. The molecule has 3 aromatic rings. The van der Waals surface area contributed by atoms with Gasteiger partial charge in [0.25, 0.3) is 10.0 Å². The van der Waals surface area contributed by atoms with Crippen molar-refractivity contribution in [3.8, 4) is 11.9 Å². The summed E-state index contributed by atoms with van der Waals surface area (Å²) in [6.45, 7) is 0. The van der Waals surface area contributed by atoms with E-state index in [1.165, 1.54) is 50.0 Å². The highest BCUT2D eigenvalue weighted by Crippen LogP contribution is 2.19. The highest BCUT2D eigenvalue weighted by molar-refractivity contribution is 7.92. The number of tetrazole rings is 1. The Bertz CT molecular complexity index is 1120. The van der Waals surface area contributed by atoms with E-state index in [1.54, 1.807) is 0 Å². The summed E-state index contributed by atoms with van der Waals surface area (Å²) >= 11 is 0. The van der Waals surface area contributed by atoms with Crippen molar-refractivity contribution in [2.45, 2.75) is 4.90 Å². The molecule has 0 saturated carbocycles. The molecule has 0 aliphatic heterocycles. The summed E-state index contributed by atoms with van der Waals surface area (Å²) < 4.78 is 32.2. The Kier molecular flexibility index (Phi) is 5.42. The molecule has 0 bridgehead atoms. The van der Waals surface area contributed by atoms with Gasteiger partial charge in [0.05, 0.1) is 12.0 Å². The van der Waals surface area contributed by atoms with Gasteiger partial charge >= 0.3 is 0 Å². The number of H-pyrrole nitrogens is 1. The van der Waals surface area contributed by atoms with Gasteiger partial charge in [-0.2, -0.15) is 10.5 Å². The zero-order valence-electron chi connectivity index (χ0n) is 14.4. The summed E-state index contributed by atoms with van der Waals surface area (Å²) in [6, 6.07) is 9.17. The molecule has 0 unspecified atom stereocenters. The molecule has 142 valence electrons. The van der Waals surface area contributed by atoms with Crippen molar-refractivity contribution < 1.29 is 13.2 Å². The zero-order valence-corrected chi connectivity index (χ0v) is 15.2. The van der Waals surface area contributed by atoms with E-state index in [4.69, 9.17) is 10.00 Å². The minimum Gasteiger partial charge on any atom is -0.481 e. The largest absolute Gasteiger partial charge is 0.481 e. The Balaban J connectivity index is 1.73. The molecular weight excluding hydrogens is 386 g/mol. The SMILES string of the molecule is COc1cc(NS(=O)(=O)c2ccc(NC=C(C#N)c3nn[nH]n3)cc2)ncn1. The number of anilines is 2. The normalized spacial score (nSPS) is 11.5. The van der Waals surface area contributed by atoms with Crippen molar-refractivity contribution in [2.75, 3.05) is 17.1 Å².